The molecular weight excluding hydrogens is 358 g/mol. The Morgan fingerprint density at radius 2 is 1.81 bits per heavy atom. The van der Waals surface area contributed by atoms with Crippen molar-refractivity contribution in [2.75, 3.05) is 18.9 Å². The monoisotopic (exact) mass is 381 g/mol. The van der Waals surface area contributed by atoms with Gasteiger partial charge in [0.1, 0.15) is 5.82 Å². The van der Waals surface area contributed by atoms with Crippen LogP contribution in [0.4, 0.5) is 28.9 Å². The Balaban J connectivity index is 2.13. The Hall–Kier alpha value is -2.57. The van der Waals surface area contributed by atoms with Gasteiger partial charge in [-0.25, -0.2) is 9.38 Å². The predicted molar refractivity (Wildman–Crippen MR) is 101 cm³/mol. The molecule has 2 aromatic rings. The molecule has 0 saturated carbocycles. The second-order valence-corrected chi connectivity index (χ2v) is 6.44. The second-order valence-electron chi connectivity index (χ2n) is 6.44. The van der Waals surface area contributed by atoms with Crippen molar-refractivity contribution in [3.63, 3.8) is 0 Å². The molecule has 0 aliphatic rings. The zero-order valence-corrected chi connectivity index (χ0v) is 15.8. The van der Waals surface area contributed by atoms with Gasteiger partial charge in [-0.2, -0.15) is 13.2 Å². The van der Waals surface area contributed by atoms with Gasteiger partial charge in [-0.05, 0) is 61.7 Å². The van der Waals surface area contributed by atoms with Crippen molar-refractivity contribution in [2.45, 2.75) is 33.5 Å². The minimum Gasteiger partial charge on any atom is -0.381 e. The van der Waals surface area contributed by atoms with E-state index in [1.807, 2.05) is 44.9 Å². The highest BCUT2D eigenvalue weighted by atomic mass is 19.4. The quantitative estimate of drug-likeness (QED) is 0.396. The van der Waals surface area contributed by atoms with Gasteiger partial charge in [0.25, 0.3) is 0 Å². The lowest BCUT2D eigenvalue weighted by atomic mass is 10.1. The number of aryl methyl sites for hydroxylation is 2. The van der Waals surface area contributed by atoms with Crippen LogP contribution < -0.4 is 5.32 Å². The number of nitrogens with zero attached hydrogens (tertiary/aromatic N) is 2. The second kappa shape index (κ2) is 8.41. The van der Waals surface area contributed by atoms with E-state index >= 15 is 0 Å². The zero-order valence-electron chi connectivity index (χ0n) is 15.8. The van der Waals surface area contributed by atoms with Crippen molar-refractivity contribution in [3.05, 3.63) is 58.4 Å². The summed E-state index contributed by atoms with van der Waals surface area (Å²) in [6.07, 6.45) is -2.92. The van der Waals surface area contributed by atoms with Gasteiger partial charge in [0.15, 0.2) is 0 Å². The van der Waals surface area contributed by atoms with E-state index in [0.717, 1.165) is 41.2 Å². The van der Waals surface area contributed by atoms with Crippen LogP contribution in [0, 0.1) is 19.7 Å². The van der Waals surface area contributed by atoms with Gasteiger partial charge >= 0.3 is 6.18 Å². The molecule has 2 aromatic carbocycles. The predicted octanol–water partition coefficient (Wildman–Crippen LogP) is 5.68. The van der Waals surface area contributed by atoms with E-state index in [2.05, 4.69) is 10.3 Å². The first kappa shape index (κ1) is 20.7. The minimum absolute atomic E-state index is 0.219. The summed E-state index contributed by atoms with van der Waals surface area (Å²) in [7, 11) is 1.94. The van der Waals surface area contributed by atoms with Crippen molar-refractivity contribution in [3.8, 4) is 0 Å². The van der Waals surface area contributed by atoms with Gasteiger partial charge < -0.3 is 10.2 Å². The number of rotatable bonds is 6. The van der Waals surface area contributed by atoms with Crippen LogP contribution in [0.15, 0.2) is 35.3 Å². The molecule has 146 valence electrons. The van der Waals surface area contributed by atoms with Gasteiger partial charge in [0.2, 0.25) is 0 Å². The first-order valence-corrected chi connectivity index (χ1v) is 8.57. The molecule has 0 bridgehead atoms. The van der Waals surface area contributed by atoms with E-state index in [1.54, 1.807) is 6.34 Å². The van der Waals surface area contributed by atoms with E-state index < -0.39 is 17.6 Å². The molecule has 0 unspecified atom stereocenters. The van der Waals surface area contributed by atoms with Crippen LogP contribution >= 0.6 is 0 Å². The summed E-state index contributed by atoms with van der Waals surface area (Å²) >= 11 is 0. The number of aliphatic imine (C=N–C) groups is 1. The Kier molecular flexibility index (Phi) is 6.46. The first-order chi connectivity index (χ1) is 12.6. The molecule has 7 heteroatoms. The van der Waals surface area contributed by atoms with Crippen LogP contribution in [0.25, 0.3) is 0 Å². The third-order valence-corrected chi connectivity index (χ3v) is 4.26. The summed E-state index contributed by atoms with van der Waals surface area (Å²) < 4.78 is 51.6. The molecule has 0 spiro atoms. The van der Waals surface area contributed by atoms with Gasteiger partial charge in [-0.3, -0.25) is 0 Å². The van der Waals surface area contributed by atoms with E-state index in [9.17, 15) is 17.6 Å². The van der Waals surface area contributed by atoms with Gasteiger partial charge in [-0.15, -0.1) is 0 Å². The average Bonchev–Trinajstić information content (AvgIpc) is 2.59. The summed E-state index contributed by atoms with van der Waals surface area (Å²) in [6.45, 7) is 6.95. The number of halogens is 4. The molecule has 0 fully saturated rings. The topological polar surface area (TPSA) is 27.6 Å². The SMILES string of the molecule is CCN(C)C=Nc1cc(C)c(NCc2ccc(C(F)(F)F)c(F)c2)cc1C. The number of hydrogen-bond donors (Lipinski definition) is 1. The van der Waals surface area contributed by atoms with E-state index in [0.29, 0.717) is 5.56 Å². The number of anilines is 1. The lowest BCUT2D eigenvalue weighted by molar-refractivity contribution is -0.140. The summed E-state index contributed by atoms with van der Waals surface area (Å²) in [4.78, 5) is 6.42. The van der Waals surface area contributed by atoms with Crippen LogP contribution in [0.1, 0.15) is 29.2 Å². The molecule has 3 nitrogen and oxygen atoms in total. The van der Waals surface area contributed by atoms with Gasteiger partial charge in [0, 0.05) is 25.8 Å². The Morgan fingerprint density at radius 3 is 2.41 bits per heavy atom. The standard InChI is InChI=1S/C20H23F4N3/c1-5-27(4)12-26-19-9-13(2)18(8-14(19)3)25-11-15-6-7-16(17(21)10-15)20(22,23)24/h6-10,12,25H,5,11H2,1-4H3. The number of alkyl halides is 3. The molecule has 2 rings (SSSR count). The molecule has 0 aliphatic heterocycles. The van der Waals surface area contributed by atoms with E-state index in [4.69, 9.17) is 0 Å². The maximum Gasteiger partial charge on any atom is 0.419 e. The molecule has 0 atom stereocenters. The Morgan fingerprint density at radius 1 is 1.11 bits per heavy atom. The molecule has 0 saturated heterocycles. The van der Waals surface area contributed by atoms with Crippen LogP contribution in [-0.4, -0.2) is 24.8 Å². The van der Waals surface area contributed by atoms with Crippen molar-refractivity contribution >= 4 is 17.7 Å². The molecule has 27 heavy (non-hydrogen) atoms. The summed E-state index contributed by atoms with van der Waals surface area (Å²) in [5, 5.41) is 3.15. The zero-order chi connectivity index (χ0) is 20.2. The average molecular weight is 381 g/mol. The number of benzene rings is 2. The van der Waals surface area contributed by atoms with Gasteiger partial charge in [-0.1, -0.05) is 6.07 Å². The molecular formula is C20H23F4N3. The first-order valence-electron chi connectivity index (χ1n) is 8.57. The summed E-state index contributed by atoms with van der Waals surface area (Å²) in [5.41, 5.74) is 2.76. The number of nitrogens with one attached hydrogen (secondary N) is 1. The Labute approximate surface area is 156 Å². The van der Waals surface area contributed by atoms with Crippen molar-refractivity contribution in [1.82, 2.24) is 4.90 Å². The highest BCUT2D eigenvalue weighted by Crippen LogP contribution is 2.32. The minimum atomic E-state index is -4.69. The fourth-order valence-electron chi connectivity index (χ4n) is 2.47. The largest absolute Gasteiger partial charge is 0.419 e. The maximum absolute atomic E-state index is 13.7. The highest BCUT2D eigenvalue weighted by molar-refractivity contribution is 5.67. The van der Waals surface area contributed by atoms with Crippen LogP contribution in [-0.2, 0) is 12.7 Å². The van der Waals surface area contributed by atoms with Crippen LogP contribution in [0.5, 0.6) is 0 Å². The maximum atomic E-state index is 13.7. The molecule has 0 aromatic heterocycles. The van der Waals surface area contributed by atoms with E-state index in [-0.39, 0.29) is 6.54 Å². The molecule has 0 amide bonds. The fraction of sp³-hybridized carbons (Fsp3) is 0.350. The number of hydrogen-bond acceptors (Lipinski definition) is 2. The fourth-order valence-corrected chi connectivity index (χ4v) is 2.47. The molecule has 0 aliphatic carbocycles. The van der Waals surface area contributed by atoms with E-state index in [1.165, 1.54) is 6.07 Å². The smallest absolute Gasteiger partial charge is 0.381 e. The van der Waals surface area contributed by atoms with Crippen LogP contribution in [0.2, 0.25) is 0 Å². The Bertz CT molecular complexity index is 829. The van der Waals surface area contributed by atoms with Crippen molar-refractivity contribution in [2.24, 2.45) is 4.99 Å². The van der Waals surface area contributed by atoms with Crippen molar-refractivity contribution in [1.29, 1.82) is 0 Å². The molecule has 1 N–H and O–H groups in total. The lowest BCUT2D eigenvalue weighted by Crippen LogP contribution is -2.14. The highest BCUT2D eigenvalue weighted by Gasteiger charge is 2.33. The summed E-state index contributed by atoms with van der Waals surface area (Å²) in [6, 6.07) is 6.82. The van der Waals surface area contributed by atoms with Gasteiger partial charge in [0.05, 0.1) is 17.6 Å². The third-order valence-electron chi connectivity index (χ3n) is 4.26. The van der Waals surface area contributed by atoms with Crippen molar-refractivity contribution < 1.29 is 17.6 Å². The molecule has 0 radical (unpaired) electrons. The third kappa shape index (κ3) is 5.45. The molecule has 0 heterocycles. The van der Waals surface area contributed by atoms with Crippen LogP contribution in [0.3, 0.4) is 0 Å². The lowest BCUT2D eigenvalue weighted by Gasteiger charge is -2.14. The summed E-state index contributed by atoms with van der Waals surface area (Å²) in [5.74, 6) is -1.26. The normalized spacial score (nSPS) is 11.9.